The highest BCUT2D eigenvalue weighted by atomic mass is 16.7. The van der Waals surface area contributed by atoms with E-state index in [1.807, 2.05) is 35.2 Å². The van der Waals surface area contributed by atoms with Gasteiger partial charge < -0.3 is 19.1 Å². The summed E-state index contributed by atoms with van der Waals surface area (Å²) in [5, 5.41) is 0. The normalized spacial score (nSPS) is 18.2. The van der Waals surface area contributed by atoms with Crippen LogP contribution in [0.3, 0.4) is 0 Å². The Hall–Kier alpha value is -2.69. The van der Waals surface area contributed by atoms with Crippen LogP contribution in [0.15, 0.2) is 36.4 Å². The minimum absolute atomic E-state index is 0.0121. The van der Waals surface area contributed by atoms with Gasteiger partial charge in [0.1, 0.15) is 5.75 Å². The van der Waals surface area contributed by atoms with Crippen molar-refractivity contribution in [1.29, 1.82) is 0 Å². The molecule has 0 bridgehead atoms. The van der Waals surface area contributed by atoms with Crippen molar-refractivity contribution in [2.24, 2.45) is 0 Å². The number of amides is 1. The number of ether oxygens (including phenoxy) is 3. The van der Waals surface area contributed by atoms with Crippen LogP contribution in [0.1, 0.15) is 34.5 Å². The molecule has 2 aromatic rings. The van der Waals surface area contributed by atoms with Crippen molar-refractivity contribution >= 4 is 5.91 Å². The fourth-order valence-corrected chi connectivity index (χ4v) is 3.41. The van der Waals surface area contributed by atoms with Crippen molar-refractivity contribution in [3.63, 3.8) is 0 Å². The summed E-state index contributed by atoms with van der Waals surface area (Å²) in [4.78, 5) is 14.8. The Morgan fingerprint density at radius 2 is 2.00 bits per heavy atom. The number of carbonyl (C=O) groups excluding carboxylic acids is 1. The minimum Gasteiger partial charge on any atom is -0.497 e. The number of carbonyl (C=O) groups is 1. The summed E-state index contributed by atoms with van der Waals surface area (Å²) in [5.41, 5.74) is 2.99. The molecule has 1 amide bonds. The average molecular weight is 325 g/mol. The molecule has 1 atom stereocenters. The predicted molar refractivity (Wildman–Crippen MR) is 88.7 cm³/mol. The van der Waals surface area contributed by atoms with Gasteiger partial charge in [0.25, 0.3) is 5.91 Å². The second-order valence-corrected chi connectivity index (χ2v) is 6.06. The van der Waals surface area contributed by atoms with E-state index in [4.69, 9.17) is 14.2 Å². The average Bonchev–Trinajstić information content (AvgIpc) is 3.07. The summed E-state index contributed by atoms with van der Waals surface area (Å²) < 4.78 is 16.2. The third-order valence-corrected chi connectivity index (χ3v) is 4.75. The Morgan fingerprint density at radius 1 is 1.21 bits per heavy atom. The second-order valence-electron chi connectivity index (χ2n) is 6.06. The van der Waals surface area contributed by atoms with Crippen molar-refractivity contribution in [3.05, 3.63) is 53.1 Å². The Morgan fingerprint density at radius 3 is 2.79 bits per heavy atom. The molecule has 0 fully saturated rings. The lowest BCUT2D eigenvalue weighted by Crippen LogP contribution is -2.38. The Labute approximate surface area is 140 Å². The first-order valence-corrected chi connectivity index (χ1v) is 8.05. The molecular formula is C19H19NO4. The summed E-state index contributed by atoms with van der Waals surface area (Å²) in [7, 11) is 1.60. The van der Waals surface area contributed by atoms with Crippen molar-refractivity contribution in [1.82, 2.24) is 4.90 Å². The lowest BCUT2D eigenvalue weighted by Gasteiger charge is -2.35. The number of methoxy groups -OCH3 is 1. The molecule has 0 aliphatic carbocycles. The minimum atomic E-state index is -0.0121. The van der Waals surface area contributed by atoms with E-state index < -0.39 is 0 Å². The first-order valence-electron chi connectivity index (χ1n) is 8.05. The molecule has 5 nitrogen and oxygen atoms in total. The van der Waals surface area contributed by atoms with Gasteiger partial charge in [-0.05, 0) is 54.8 Å². The van der Waals surface area contributed by atoms with Crippen LogP contribution in [0.2, 0.25) is 0 Å². The fourth-order valence-electron chi connectivity index (χ4n) is 3.41. The van der Waals surface area contributed by atoms with E-state index in [1.165, 1.54) is 5.56 Å². The van der Waals surface area contributed by atoms with E-state index in [9.17, 15) is 4.79 Å². The van der Waals surface area contributed by atoms with E-state index in [0.29, 0.717) is 17.9 Å². The highest BCUT2D eigenvalue weighted by Crippen LogP contribution is 2.40. The molecule has 2 heterocycles. The molecule has 0 N–H and O–H groups in total. The predicted octanol–water partition coefficient (Wildman–Crippen LogP) is 3.18. The van der Waals surface area contributed by atoms with Gasteiger partial charge in [0.05, 0.1) is 13.2 Å². The van der Waals surface area contributed by atoms with Gasteiger partial charge in [0.2, 0.25) is 6.79 Å². The maximum Gasteiger partial charge on any atom is 0.254 e. The Bertz CT molecular complexity index is 802. The third kappa shape index (κ3) is 2.37. The van der Waals surface area contributed by atoms with Gasteiger partial charge in [0, 0.05) is 12.1 Å². The maximum absolute atomic E-state index is 12.9. The van der Waals surface area contributed by atoms with Crippen molar-refractivity contribution in [3.8, 4) is 17.2 Å². The zero-order valence-corrected chi connectivity index (χ0v) is 13.7. The topological polar surface area (TPSA) is 48.0 Å². The summed E-state index contributed by atoms with van der Waals surface area (Å²) in [6.07, 6.45) is 0.812. The maximum atomic E-state index is 12.9. The summed E-state index contributed by atoms with van der Waals surface area (Å²) in [5.74, 6) is 2.27. The fraction of sp³-hybridized carbons (Fsp3) is 0.316. The van der Waals surface area contributed by atoms with Gasteiger partial charge in [-0.15, -0.1) is 0 Å². The molecule has 0 aromatic heterocycles. The molecule has 0 radical (unpaired) electrons. The first kappa shape index (κ1) is 14.9. The van der Waals surface area contributed by atoms with Crippen molar-refractivity contribution in [2.45, 2.75) is 19.4 Å². The van der Waals surface area contributed by atoms with Crippen LogP contribution in [-0.4, -0.2) is 31.3 Å². The summed E-state index contributed by atoms with van der Waals surface area (Å²) in [6, 6.07) is 11.3. The van der Waals surface area contributed by atoms with Gasteiger partial charge in [0.15, 0.2) is 11.5 Å². The van der Waals surface area contributed by atoms with Gasteiger partial charge in [-0.3, -0.25) is 4.79 Å². The van der Waals surface area contributed by atoms with Crippen LogP contribution in [-0.2, 0) is 6.42 Å². The van der Waals surface area contributed by atoms with Gasteiger partial charge in [-0.2, -0.15) is 0 Å². The van der Waals surface area contributed by atoms with Crippen molar-refractivity contribution < 1.29 is 19.0 Å². The number of benzene rings is 2. The molecule has 0 spiro atoms. The number of hydrogen-bond acceptors (Lipinski definition) is 4. The lowest BCUT2D eigenvalue weighted by atomic mass is 9.92. The summed E-state index contributed by atoms with van der Waals surface area (Å²) in [6.45, 7) is 3.00. The van der Waals surface area contributed by atoms with E-state index in [-0.39, 0.29) is 18.7 Å². The quantitative estimate of drug-likeness (QED) is 0.851. The molecule has 4 rings (SSSR count). The van der Waals surface area contributed by atoms with E-state index in [2.05, 4.69) is 6.92 Å². The van der Waals surface area contributed by atoms with Gasteiger partial charge in [-0.1, -0.05) is 6.07 Å². The van der Waals surface area contributed by atoms with E-state index >= 15 is 0 Å². The number of rotatable bonds is 2. The number of nitrogens with zero attached hydrogens (tertiary/aromatic N) is 1. The molecule has 2 aliphatic heterocycles. The van der Waals surface area contributed by atoms with Crippen LogP contribution in [0, 0.1) is 0 Å². The zero-order chi connectivity index (χ0) is 16.7. The Balaban J connectivity index is 1.65. The molecule has 5 heteroatoms. The largest absolute Gasteiger partial charge is 0.497 e. The molecule has 0 saturated heterocycles. The molecule has 1 unspecified atom stereocenters. The third-order valence-electron chi connectivity index (χ3n) is 4.75. The molecular weight excluding hydrogens is 306 g/mol. The molecule has 2 aromatic carbocycles. The monoisotopic (exact) mass is 325 g/mol. The van der Waals surface area contributed by atoms with Crippen LogP contribution < -0.4 is 14.2 Å². The highest BCUT2D eigenvalue weighted by molar-refractivity contribution is 5.95. The van der Waals surface area contributed by atoms with Crippen LogP contribution in [0.25, 0.3) is 0 Å². The van der Waals surface area contributed by atoms with Gasteiger partial charge in [-0.25, -0.2) is 0 Å². The smallest absolute Gasteiger partial charge is 0.254 e. The Kier molecular flexibility index (Phi) is 3.56. The second kappa shape index (κ2) is 5.74. The molecule has 24 heavy (non-hydrogen) atoms. The number of fused-ring (bicyclic) bond motifs is 2. The van der Waals surface area contributed by atoms with E-state index in [0.717, 1.165) is 23.5 Å². The molecule has 0 saturated carbocycles. The van der Waals surface area contributed by atoms with Crippen molar-refractivity contribution in [2.75, 3.05) is 20.4 Å². The number of hydrogen-bond donors (Lipinski definition) is 0. The standard InChI is InChI=1S/C19H19NO4/c1-12-16-10-18-17(23-11-24-18)9-13(16)6-7-20(12)19(21)14-4-3-5-15(8-14)22-2/h3-5,8-10,12H,6-7,11H2,1-2H3. The van der Waals surface area contributed by atoms with Gasteiger partial charge >= 0.3 is 0 Å². The summed E-state index contributed by atoms with van der Waals surface area (Å²) >= 11 is 0. The molecule has 2 aliphatic rings. The van der Waals surface area contributed by atoms with Crippen LogP contribution >= 0.6 is 0 Å². The van der Waals surface area contributed by atoms with Crippen LogP contribution in [0.5, 0.6) is 17.2 Å². The first-order chi connectivity index (χ1) is 11.7. The lowest BCUT2D eigenvalue weighted by molar-refractivity contribution is 0.0677. The van der Waals surface area contributed by atoms with Crippen LogP contribution in [0.4, 0.5) is 0 Å². The highest BCUT2D eigenvalue weighted by Gasteiger charge is 2.30. The molecule has 124 valence electrons. The zero-order valence-electron chi connectivity index (χ0n) is 13.7. The SMILES string of the molecule is COc1cccc(C(=O)N2CCc3cc4c(cc3C2C)OCO4)c1. The van der Waals surface area contributed by atoms with E-state index in [1.54, 1.807) is 13.2 Å².